The first-order chi connectivity index (χ1) is 9.67. The number of anilines is 1. The molecule has 2 heterocycles. The molecule has 1 aromatic heterocycles. The molecule has 1 fully saturated rings. The lowest BCUT2D eigenvalue weighted by Gasteiger charge is -2.38. The third-order valence-corrected chi connectivity index (χ3v) is 3.62. The second kappa shape index (κ2) is 6.70. The Kier molecular flexibility index (Phi) is 4.95. The maximum atomic E-state index is 12.8. The van der Waals surface area contributed by atoms with Crippen LogP contribution in [0.4, 0.5) is 5.69 Å². The molecule has 0 bridgehead atoms. The van der Waals surface area contributed by atoms with Crippen LogP contribution < -0.4 is 5.32 Å². The lowest BCUT2D eigenvalue weighted by molar-refractivity contribution is -0.0443. The van der Waals surface area contributed by atoms with Gasteiger partial charge in [-0.1, -0.05) is 6.92 Å². The van der Waals surface area contributed by atoms with Gasteiger partial charge in [0.25, 0.3) is 5.91 Å². The Morgan fingerprint density at radius 2 is 2.35 bits per heavy atom. The SMILES string of the molecule is CCNc1cnccc1C(=O)N1CC(C)OCC1CC. The van der Waals surface area contributed by atoms with Crippen LogP contribution in [0.2, 0.25) is 0 Å². The van der Waals surface area contributed by atoms with Gasteiger partial charge in [0.15, 0.2) is 0 Å². The average molecular weight is 277 g/mol. The standard InChI is InChI=1S/C15H23N3O2/c1-4-12-10-20-11(3)9-18(12)15(19)13-6-7-16-8-14(13)17-5-2/h6-8,11-12,17H,4-5,9-10H2,1-3H3. The highest BCUT2D eigenvalue weighted by molar-refractivity contribution is 5.99. The maximum absolute atomic E-state index is 12.8. The van der Waals surface area contributed by atoms with E-state index in [1.54, 1.807) is 18.5 Å². The molecule has 5 heteroatoms. The fourth-order valence-corrected chi connectivity index (χ4v) is 2.50. The van der Waals surface area contributed by atoms with E-state index in [9.17, 15) is 4.79 Å². The number of amides is 1. The number of ether oxygens (including phenoxy) is 1. The molecule has 1 saturated heterocycles. The molecule has 1 aliphatic heterocycles. The first kappa shape index (κ1) is 14.8. The van der Waals surface area contributed by atoms with Crippen molar-refractivity contribution in [2.45, 2.75) is 39.3 Å². The minimum Gasteiger partial charge on any atom is -0.383 e. The minimum absolute atomic E-state index is 0.0605. The van der Waals surface area contributed by atoms with Crippen molar-refractivity contribution in [3.05, 3.63) is 24.0 Å². The van der Waals surface area contributed by atoms with E-state index in [-0.39, 0.29) is 18.1 Å². The van der Waals surface area contributed by atoms with E-state index >= 15 is 0 Å². The van der Waals surface area contributed by atoms with Crippen LogP contribution in [0.3, 0.4) is 0 Å². The van der Waals surface area contributed by atoms with Gasteiger partial charge in [-0.3, -0.25) is 9.78 Å². The van der Waals surface area contributed by atoms with Crippen LogP contribution in [0.5, 0.6) is 0 Å². The van der Waals surface area contributed by atoms with Crippen LogP contribution in [0.1, 0.15) is 37.6 Å². The predicted octanol–water partition coefficient (Wildman–Crippen LogP) is 2.15. The number of pyridine rings is 1. The Morgan fingerprint density at radius 1 is 1.55 bits per heavy atom. The molecule has 1 aromatic rings. The van der Waals surface area contributed by atoms with Crippen LogP contribution >= 0.6 is 0 Å². The monoisotopic (exact) mass is 277 g/mol. The summed E-state index contributed by atoms with van der Waals surface area (Å²) in [6.45, 7) is 8.12. The third kappa shape index (κ3) is 3.10. The van der Waals surface area contributed by atoms with Crippen LogP contribution in [0.15, 0.2) is 18.5 Å². The molecular formula is C15H23N3O2. The van der Waals surface area contributed by atoms with Crippen LogP contribution in [-0.2, 0) is 4.74 Å². The number of hydrogen-bond donors (Lipinski definition) is 1. The summed E-state index contributed by atoms with van der Waals surface area (Å²) in [4.78, 5) is 18.8. The van der Waals surface area contributed by atoms with Gasteiger partial charge in [0.2, 0.25) is 0 Å². The third-order valence-electron chi connectivity index (χ3n) is 3.62. The minimum atomic E-state index is 0.0605. The second-order valence-electron chi connectivity index (χ2n) is 5.12. The summed E-state index contributed by atoms with van der Waals surface area (Å²) < 4.78 is 5.65. The van der Waals surface area contributed by atoms with Crippen LogP contribution in [0.25, 0.3) is 0 Å². The average Bonchev–Trinajstić information content (AvgIpc) is 2.47. The van der Waals surface area contributed by atoms with E-state index in [0.717, 1.165) is 18.7 Å². The van der Waals surface area contributed by atoms with Gasteiger partial charge >= 0.3 is 0 Å². The van der Waals surface area contributed by atoms with E-state index in [0.29, 0.717) is 18.7 Å². The largest absolute Gasteiger partial charge is 0.383 e. The topological polar surface area (TPSA) is 54.5 Å². The molecule has 0 aromatic carbocycles. The van der Waals surface area contributed by atoms with Crippen molar-refractivity contribution < 1.29 is 9.53 Å². The molecule has 0 aliphatic carbocycles. The van der Waals surface area contributed by atoms with Crippen molar-refractivity contribution in [2.75, 3.05) is 25.0 Å². The van der Waals surface area contributed by atoms with Crippen molar-refractivity contribution in [3.63, 3.8) is 0 Å². The van der Waals surface area contributed by atoms with Crippen molar-refractivity contribution in [1.29, 1.82) is 0 Å². The van der Waals surface area contributed by atoms with E-state index in [1.807, 2.05) is 18.7 Å². The van der Waals surface area contributed by atoms with Gasteiger partial charge in [-0.2, -0.15) is 0 Å². The number of carbonyl (C=O) groups is 1. The highest BCUT2D eigenvalue weighted by Gasteiger charge is 2.30. The molecule has 1 aliphatic rings. The Morgan fingerprint density at radius 3 is 3.05 bits per heavy atom. The quantitative estimate of drug-likeness (QED) is 0.916. The highest BCUT2D eigenvalue weighted by Crippen LogP contribution is 2.21. The number of morpholine rings is 1. The summed E-state index contributed by atoms with van der Waals surface area (Å²) in [5.74, 6) is 0.0605. The molecule has 20 heavy (non-hydrogen) atoms. The first-order valence-electron chi connectivity index (χ1n) is 7.27. The zero-order chi connectivity index (χ0) is 14.5. The fraction of sp³-hybridized carbons (Fsp3) is 0.600. The van der Waals surface area contributed by atoms with Gasteiger partial charge in [-0.05, 0) is 26.3 Å². The fourth-order valence-electron chi connectivity index (χ4n) is 2.50. The van der Waals surface area contributed by atoms with E-state index in [1.165, 1.54) is 0 Å². The van der Waals surface area contributed by atoms with Crippen LogP contribution in [-0.4, -0.2) is 47.6 Å². The molecule has 0 saturated carbocycles. The smallest absolute Gasteiger partial charge is 0.256 e. The molecule has 5 nitrogen and oxygen atoms in total. The number of aromatic nitrogens is 1. The number of hydrogen-bond acceptors (Lipinski definition) is 4. The van der Waals surface area contributed by atoms with Gasteiger partial charge < -0.3 is 15.0 Å². The zero-order valence-corrected chi connectivity index (χ0v) is 12.4. The lowest BCUT2D eigenvalue weighted by atomic mass is 10.1. The predicted molar refractivity (Wildman–Crippen MR) is 78.9 cm³/mol. The van der Waals surface area contributed by atoms with Gasteiger partial charge in [0.05, 0.1) is 36.2 Å². The van der Waals surface area contributed by atoms with Crippen molar-refractivity contribution >= 4 is 11.6 Å². The second-order valence-corrected chi connectivity index (χ2v) is 5.12. The van der Waals surface area contributed by atoms with Gasteiger partial charge in [0, 0.05) is 19.3 Å². The van der Waals surface area contributed by atoms with E-state index < -0.39 is 0 Å². The van der Waals surface area contributed by atoms with Crippen molar-refractivity contribution in [3.8, 4) is 0 Å². The molecule has 2 rings (SSSR count). The summed E-state index contributed by atoms with van der Waals surface area (Å²) in [6, 6.07) is 1.94. The molecule has 0 radical (unpaired) electrons. The van der Waals surface area contributed by atoms with Gasteiger partial charge in [-0.25, -0.2) is 0 Å². The molecule has 0 spiro atoms. The van der Waals surface area contributed by atoms with Crippen molar-refractivity contribution in [1.82, 2.24) is 9.88 Å². The normalized spacial score (nSPS) is 22.6. The number of nitrogens with one attached hydrogen (secondary N) is 1. The Bertz CT molecular complexity index is 464. The number of nitrogens with zero attached hydrogens (tertiary/aromatic N) is 2. The van der Waals surface area contributed by atoms with E-state index in [2.05, 4.69) is 17.2 Å². The summed E-state index contributed by atoms with van der Waals surface area (Å²) in [6.07, 6.45) is 4.37. The van der Waals surface area contributed by atoms with Crippen molar-refractivity contribution in [2.24, 2.45) is 0 Å². The number of carbonyl (C=O) groups excluding carboxylic acids is 1. The zero-order valence-electron chi connectivity index (χ0n) is 12.4. The summed E-state index contributed by atoms with van der Waals surface area (Å²) >= 11 is 0. The summed E-state index contributed by atoms with van der Waals surface area (Å²) in [5.41, 5.74) is 1.49. The molecule has 1 N–H and O–H groups in total. The van der Waals surface area contributed by atoms with Gasteiger partial charge in [0.1, 0.15) is 0 Å². The Balaban J connectivity index is 2.24. The Hall–Kier alpha value is -1.62. The molecule has 2 atom stereocenters. The molecule has 1 amide bonds. The summed E-state index contributed by atoms with van der Waals surface area (Å²) in [5, 5.41) is 3.20. The molecule has 2 unspecified atom stereocenters. The first-order valence-corrected chi connectivity index (χ1v) is 7.27. The van der Waals surface area contributed by atoms with Gasteiger partial charge in [-0.15, -0.1) is 0 Å². The Labute approximate surface area is 120 Å². The molecular weight excluding hydrogens is 254 g/mol. The number of rotatable bonds is 4. The summed E-state index contributed by atoms with van der Waals surface area (Å²) in [7, 11) is 0. The molecule has 110 valence electrons. The van der Waals surface area contributed by atoms with E-state index in [4.69, 9.17) is 4.74 Å². The van der Waals surface area contributed by atoms with Crippen LogP contribution in [0, 0.1) is 0 Å². The highest BCUT2D eigenvalue weighted by atomic mass is 16.5. The lowest BCUT2D eigenvalue weighted by Crippen LogP contribution is -2.51. The maximum Gasteiger partial charge on any atom is 0.256 e.